The minimum absolute atomic E-state index is 0.306. The summed E-state index contributed by atoms with van der Waals surface area (Å²) in [5.74, 6) is 0.440. The molecule has 0 saturated carbocycles. The van der Waals surface area contributed by atoms with Crippen molar-refractivity contribution in [1.82, 2.24) is 4.90 Å². The Morgan fingerprint density at radius 1 is 1.00 bits per heavy atom. The summed E-state index contributed by atoms with van der Waals surface area (Å²) in [6.07, 6.45) is 0. The quantitative estimate of drug-likeness (QED) is 0.706. The molecule has 0 unspecified atom stereocenters. The lowest BCUT2D eigenvalue weighted by Gasteiger charge is -2.13. The minimum Gasteiger partial charge on any atom is -0.396 e. The van der Waals surface area contributed by atoms with Crippen LogP contribution in [0.3, 0.4) is 0 Å². The van der Waals surface area contributed by atoms with E-state index >= 15 is 0 Å². The van der Waals surface area contributed by atoms with Crippen LogP contribution in [0.5, 0.6) is 0 Å². The van der Waals surface area contributed by atoms with Crippen molar-refractivity contribution < 1.29 is 5.11 Å². The van der Waals surface area contributed by atoms with Gasteiger partial charge in [-0.2, -0.15) is 0 Å². The highest BCUT2D eigenvalue weighted by Crippen LogP contribution is 1.83. The highest BCUT2D eigenvalue weighted by atomic mass is 16.3. The molecule has 0 radical (unpaired) electrons. The predicted octanol–water partition coefficient (Wildman–Crippen LogP) is 1.98. The van der Waals surface area contributed by atoms with Crippen LogP contribution in [0.2, 0.25) is 0 Å². The second-order valence-corrected chi connectivity index (χ2v) is 3.20. The summed E-state index contributed by atoms with van der Waals surface area (Å²) in [5.41, 5.74) is 0. The van der Waals surface area contributed by atoms with E-state index in [9.17, 15) is 0 Å². The van der Waals surface area contributed by atoms with Gasteiger partial charge in [0.2, 0.25) is 0 Å². The molecule has 0 aliphatic heterocycles. The van der Waals surface area contributed by atoms with Crippen molar-refractivity contribution in [3.63, 3.8) is 0 Å². The van der Waals surface area contributed by atoms with Crippen molar-refractivity contribution in [2.75, 3.05) is 26.2 Å². The Labute approximate surface area is 77.6 Å². The van der Waals surface area contributed by atoms with E-state index in [1.807, 2.05) is 13.8 Å². The summed E-state index contributed by atoms with van der Waals surface area (Å²) < 4.78 is 0. The van der Waals surface area contributed by atoms with E-state index in [1.54, 1.807) is 0 Å². The predicted molar refractivity (Wildman–Crippen MR) is 55.4 cm³/mol. The van der Waals surface area contributed by atoms with Crippen LogP contribution in [0.4, 0.5) is 0 Å². The van der Waals surface area contributed by atoms with Crippen molar-refractivity contribution in [1.29, 1.82) is 0 Å². The topological polar surface area (TPSA) is 23.5 Å². The van der Waals surface area contributed by atoms with Gasteiger partial charge in [0.25, 0.3) is 0 Å². The molecule has 0 aromatic rings. The number of hydrogen-bond acceptors (Lipinski definition) is 2. The summed E-state index contributed by atoms with van der Waals surface area (Å²) >= 11 is 0. The number of aliphatic hydroxyl groups excluding tert-OH is 1. The lowest BCUT2D eigenvalue weighted by molar-refractivity contribution is 0.248. The van der Waals surface area contributed by atoms with Gasteiger partial charge in [0.1, 0.15) is 0 Å². The summed E-state index contributed by atoms with van der Waals surface area (Å²) in [6, 6.07) is 0. The first-order valence-electron chi connectivity index (χ1n) is 4.95. The lowest BCUT2D eigenvalue weighted by atomic mass is 10.2. The molecular formula is C10H25NO. The first-order chi connectivity index (χ1) is 5.62. The van der Waals surface area contributed by atoms with Crippen LogP contribution in [-0.4, -0.2) is 36.2 Å². The molecule has 76 valence electrons. The van der Waals surface area contributed by atoms with Crippen LogP contribution in [0.15, 0.2) is 0 Å². The van der Waals surface area contributed by atoms with Gasteiger partial charge in [-0.25, -0.2) is 0 Å². The maximum absolute atomic E-state index is 8.14. The van der Waals surface area contributed by atoms with Crippen LogP contribution < -0.4 is 0 Å². The molecule has 2 heteroatoms. The third-order valence-electron chi connectivity index (χ3n) is 1.71. The van der Waals surface area contributed by atoms with Crippen LogP contribution in [0, 0.1) is 5.92 Å². The first-order valence-corrected chi connectivity index (χ1v) is 4.95. The molecule has 2 nitrogen and oxygen atoms in total. The third-order valence-corrected chi connectivity index (χ3v) is 1.71. The van der Waals surface area contributed by atoms with Gasteiger partial charge in [0.05, 0.1) is 0 Å². The van der Waals surface area contributed by atoms with Crippen molar-refractivity contribution in [2.45, 2.75) is 34.6 Å². The number of hydrogen-bond donors (Lipinski definition) is 1. The van der Waals surface area contributed by atoms with E-state index in [2.05, 4.69) is 25.7 Å². The summed E-state index contributed by atoms with van der Waals surface area (Å²) in [6.45, 7) is 14.4. The van der Waals surface area contributed by atoms with Gasteiger partial charge < -0.3 is 10.0 Å². The highest BCUT2D eigenvalue weighted by Gasteiger charge is 1.89. The zero-order valence-corrected chi connectivity index (χ0v) is 9.30. The van der Waals surface area contributed by atoms with E-state index < -0.39 is 0 Å². The van der Waals surface area contributed by atoms with Crippen molar-refractivity contribution in [2.24, 2.45) is 5.92 Å². The minimum atomic E-state index is 0.306. The Morgan fingerprint density at radius 3 is 1.25 bits per heavy atom. The fraction of sp³-hybridized carbons (Fsp3) is 1.00. The number of rotatable bonds is 4. The van der Waals surface area contributed by atoms with Gasteiger partial charge in [-0.15, -0.1) is 0 Å². The normalized spacial score (nSPS) is 10.0. The SMILES string of the molecule is CC(C)CO.CCN(CC)CC. The van der Waals surface area contributed by atoms with Crippen molar-refractivity contribution in [3.8, 4) is 0 Å². The van der Waals surface area contributed by atoms with Crippen LogP contribution in [0.25, 0.3) is 0 Å². The van der Waals surface area contributed by atoms with Gasteiger partial charge in [-0.3, -0.25) is 0 Å². The standard InChI is InChI=1S/C6H15N.C4H10O/c1-4-7(5-2)6-3;1-4(2)3-5/h4-6H2,1-3H3;4-5H,3H2,1-2H3. The molecule has 0 saturated heterocycles. The molecule has 0 aromatic carbocycles. The van der Waals surface area contributed by atoms with E-state index in [4.69, 9.17) is 5.11 Å². The fourth-order valence-electron chi connectivity index (χ4n) is 0.671. The highest BCUT2D eigenvalue weighted by molar-refractivity contribution is 4.43. The second-order valence-electron chi connectivity index (χ2n) is 3.20. The molecule has 0 heterocycles. The Bertz CT molecular complexity index is 64.7. The van der Waals surface area contributed by atoms with Crippen LogP contribution in [-0.2, 0) is 0 Å². The monoisotopic (exact) mass is 175 g/mol. The molecular weight excluding hydrogens is 150 g/mol. The van der Waals surface area contributed by atoms with E-state index in [1.165, 1.54) is 19.6 Å². The molecule has 0 fully saturated rings. The van der Waals surface area contributed by atoms with E-state index in [0.29, 0.717) is 12.5 Å². The molecule has 0 spiro atoms. The molecule has 1 N–H and O–H groups in total. The maximum atomic E-state index is 8.14. The molecule has 0 rings (SSSR count). The van der Waals surface area contributed by atoms with Gasteiger partial charge >= 0.3 is 0 Å². The Kier molecular flexibility index (Phi) is 13.1. The second kappa shape index (κ2) is 10.9. The Balaban J connectivity index is 0. The average molecular weight is 175 g/mol. The van der Waals surface area contributed by atoms with Gasteiger partial charge in [-0.05, 0) is 25.6 Å². The van der Waals surface area contributed by atoms with Gasteiger partial charge in [0, 0.05) is 6.61 Å². The van der Waals surface area contributed by atoms with Gasteiger partial charge in [0.15, 0.2) is 0 Å². The van der Waals surface area contributed by atoms with Gasteiger partial charge in [-0.1, -0.05) is 34.6 Å². The zero-order chi connectivity index (χ0) is 9.98. The average Bonchev–Trinajstić information content (AvgIpc) is 2.09. The largest absolute Gasteiger partial charge is 0.396 e. The van der Waals surface area contributed by atoms with E-state index in [0.717, 1.165) is 0 Å². The molecule has 12 heavy (non-hydrogen) atoms. The first kappa shape index (κ1) is 14.4. The summed E-state index contributed by atoms with van der Waals surface area (Å²) in [4.78, 5) is 2.38. The number of nitrogens with zero attached hydrogens (tertiary/aromatic N) is 1. The summed E-state index contributed by atoms with van der Waals surface area (Å²) in [5, 5.41) is 8.14. The van der Waals surface area contributed by atoms with Crippen molar-refractivity contribution >= 4 is 0 Å². The summed E-state index contributed by atoms with van der Waals surface area (Å²) in [7, 11) is 0. The fourth-order valence-corrected chi connectivity index (χ4v) is 0.671. The van der Waals surface area contributed by atoms with E-state index in [-0.39, 0.29) is 0 Å². The maximum Gasteiger partial charge on any atom is 0.0453 e. The Morgan fingerprint density at radius 2 is 1.25 bits per heavy atom. The molecule has 0 bridgehead atoms. The smallest absolute Gasteiger partial charge is 0.0453 e. The van der Waals surface area contributed by atoms with Crippen LogP contribution >= 0.6 is 0 Å². The molecule has 0 amide bonds. The Hall–Kier alpha value is -0.0800. The lowest BCUT2D eigenvalue weighted by Crippen LogP contribution is -2.21. The number of aliphatic hydroxyl groups is 1. The molecule has 0 aliphatic carbocycles. The van der Waals surface area contributed by atoms with Crippen molar-refractivity contribution in [3.05, 3.63) is 0 Å². The molecule has 0 aromatic heterocycles. The zero-order valence-electron chi connectivity index (χ0n) is 9.30. The van der Waals surface area contributed by atoms with Crippen LogP contribution in [0.1, 0.15) is 34.6 Å². The molecule has 0 atom stereocenters. The third kappa shape index (κ3) is 12.6. The molecule has 0 aliphatic rings.